The number of carbonyl (C=O) groups is 1. The van der Waals surface area contributed by atoms with Gasteiger partial charge in [-0.25, -0.2) is 9.37 Å². The topological polar surface area (TPSA) is 64.5 Å². The van der Waals surface area contributed by atoms with Gasteiger partial charge in [0.2, 0.25) is 0 Å². The molecular weight excluding hydrogens is 481 g/mol. The lowest BCUT2D eigenvalue weighted by Crippen LogP contribution is -2.30. The van der Waals surface area contributed by atoms with E-state index in [0.717, 1.165) is 66.2 Å². The van der Waals surface area contributed by atoms with Crippen molar-refractivity contribution in [3.8, 4) is 22.6 Å². The molecule has 0 spiro atoms. The van der Waals surface area contributed by atoms with E-state index in [1.54, 1.807) is 24.5 Å². The molecule has 0 bridgehead atoms. The molecule has 1 aliphatic heterocycles. The van der Waals surface area contributed by atoms with Gasteiger partial charge in [0.1, 0.15) is 23.0 Å². The van der Waals surface area contributed by atoms with E-state index in [9.17, 15) is 9.18 Å². The Hall–Kier alpha value is -3.32. The minimum atomic E-state index is -0.270. The molecule has 5 rings (SSSR count). The molecule has 2 fully saturated rings. The SMILES string of the molecule is CCOc1cc(CN2CC[C@H]3C(CC(=O)c4cnc(C)cn4)CC[C@H]32)cc(OCC)c1-c1ccc(F)cc1. The maximum Gasteiger partial charge on any atom is 0.183 e. The van der Waals surface area contributed by atoms with Crippen molar-refractivity contribution in [3.63, 3.8) is 0 Å². The molecule has 2 aromatic carbocycles. The highest BCUT2D eigenvalue weighted by molar-refractivity contribution is 5.94. The van der Waals surface area contributed by atoms with Crippen molar-refractivity contribution in [1.82, 2.24) is 14.9 Å². The minimum Gasteiger partial charge on any atom is -0.493 e. The van der Waals surface area contributed by atoms with Crippen molar-refractivity contribution in [2.45, 2.75) is 59.0 Å². The van der Waals surface area contributed by atoms with Gasteiger partial charge in [-0.05, 0) is 93.8 Å². The number of benzene rings is 2. The number of ether oxygens (including phenoxy) is 2. The van der Waals surface area contributed by atoms with Crippen LogP contribution in [0.3, 0.4) is 0 Å². The van der Waals surface area contributed by atoms with Crippen molar-refractivity contribution in [2.24, 2.45) is 11.8 Å². The summed E-state index contributed by atoms with van der Waals surface area (Å²) in [5, 5.41) is 0. The Labute approximate surface area is 224 Å². The van der Waals surface area contributed by atoms with E-state index in [2.05, 4.69) is 27.0 Å². The number of halogens is 1. The number of hydrogen-bond acceptors (Lipinski definition) is 6. The molecule has 200 valence electrons. The molecule has 0 N–H and O–H groups in total. The molecule has 1 aliphatic carbocycles. The molecule has 0 radical (unpaired) electrons. The average molecular weight is 518 g/mol. The number of likely N-dealkylation sites (tertiary alicyclic amines) is 1. The van der Waals surface area contributed by atoms with Gasteiger partial charge in [-0.2, -0.15) is 0 Å². The van der Waals surface area contributed by atoms with Gasteiger partial charge in [-0.1, -0.05) is 12.1 Å². The number of aromatic nitrogens is 2. The van der Waals surface area contributed by atoms with Crippen LogP contribution in [0.4, 0.5) is 4.39 Å². The van der Waals surface area contributed by atoms with E-state index in [0.29, 0.717) is 43.2 Å². The average Bonchev–Trinajstić information content (AvgIpc) is 3.49. The summed E-state index contributed by atoms with van der Waals surface area (Å²) >= 11 is 0. The monoisotopic (exact) mass is 517 g/mol. The minimum absolute atomic E-state index is 0.0979. The predicted molar refractivity (Wildman–Crippen MR) is 145 cm³/mol. The number of aryl methyl sites for hydroxylation is 1. The molecular formula is C31H36FN3O3. The lowest BCUT2D eigenvalue weighted by Gasteiger charge is -2.25. The van der Waals surface area contributed by atoms with E-state index in [1.807, 2.05) is 20.8 Å². The standard InChI is InChI=1S/C31H36FN3O3/c1-4-37-29-14-21(15-30(38-5-2)31(29)22-6-9-24(32)10-7-22)19-35-13-12-25-23(8-11-27(25)35)16-28(36)26-18-33-20(3)17-34-26/h6-7,9-10,14-15,17-18,23,25,27H,4-5,8,11-13,16,19H2,1-3H3/t23?,25-,27+/m0/s1. The van der Waals surface area contributed by atoms with Gasteiger partial charge in [0.25, 0.3) is 0 Å². The Bertz CT molecular complexity index is 1240. The predicted octanol–water partition coefficient (Wildman–Crippen LogP) is 6.26. The summed E-state index contributed by atoms with van der Waals surface area (Å²) in [6.07, 6.45) is 7.08. The van der Waals surface area contributed by atoms with Crippen LogP contribution >= 0.6 is 0 Å². The van der Waals surface area contributed by atoms with E-state index >= 15 is 0 Å². The van der Waals surface area contributed by atoms with Crippen LogP contribution in [-0.4, -0.2) is 46.5 Å². The van der Waals surface area contributed by atoms with E-state index < -0.39 is 0 Å². The van der Waals surface area contributed by atoms with Gasteiger partial charge < -0.3 is 9.47 Å². The first-order chi connectivity index (χ1) is 18.5. The Kier molecular flexibility index (Phi) is 8.03. The first-order valence-corrected chi connectivity index (χ1v) is 13.7. The quantitative estimate of drug-likeness (QED) is 0.296. The van der Waals surface area contributed by atoms with Crippen molar-refractivity contribution in [3.05, 3.63) is 71.6 Å². The summed E-state index contributed by atoms with van der Waals surface area (Å²) in [4.78, 5) is 24.0. The van der Waals surface area contributed by atoms with Crippen LogP contribution in [0.25, 0.3) is 11.1 Å². The second kappa shape index (κ2) is 11.6. The fourth-order valence-corrected chi connectivity index (χ4v) is 6.23. The molecule has 3 aromatic rings. The summed E-state index contributed by atoms with van der Waals surface area (Å²) in [6.45, 7) is 8.68. The summed E-state index contributed by atoms with van der Waals surface area (Å²) < 4.78 is 25.7. The lowest BCUT2D eigenvalue weighted by molar-refractivity contribution is 0.0943. The van der Waals surface area contributed by atoms with Crippen molar-refractivity contribution < 1.29 is 18.7 Å². The number of nitrogens with zero attached hydrogens (tertiary/aromatic N) is 3. The van der Waals surface area contributed by atoms with Gasteiger partial charge in [0, 0.05) is 25.2 Å². The molecule has 1 saturated carbocycles. The zero-order chi connectivity index (χ0) is 26.6. The number of fused-ring (bicyclic) bond motifs is 1. The molecule has 0 amide bonds. The highest BCUT2D eigenvalue weighted by Gasteiger charge is 2.44. The van der Waals surface area contributed by atoms with Crippen LogP contribution in [0.15, 0.2) is 48.8 Å². The summed E-state index contributed by atoms with van der Waals surface area (Å²) in [6, 6.07) is 11.1. The maximum absolute atomic E-state index is 13.6. The number of hydrogen-bond donors (Lipinski definition) is 0. The van der Waals surface area contributed by atoms with Crippen molar-refractivity contribution in [2.75, 3.05) is 19.8 Å². The molecule has 2 heterocycles. The largest absolute Gasteiger partial charge is 0.493 e. The van der Waals surface area contributed by atoms with Crippen molar-refractivity contribution in [1.29, 1.82) is 0 Å². The smallest absolute Gasteiger partial charge is 0.183 e. The molecule has 7 heteroatoms. The van der Waals surface area contributed by atoms with Crippen molar-refractivity contribution >= 4 is 5.78 Å². The third-order valence-electron chi connectivity index (χ3n) is 7.91. The van der Waals surface area contributed by atoms with Gasteiger partial charge in [0.15, 0.2) is 5.78 Å². The van der Waals surface area contributed by atoms with Crippen LogP contribution in [0, 0.1) is 24.6 Å². The van der Waals surface area contributed by atoms with Crippen LogP contribution < -0.4 is 9.47 Å². The number of ketones is 1. The van der Waals surface area contributed by atoms with Gasteiger partial charge in [-0.15, -0.1) is 0 Å². The first-order valence-electron chi connectivity index (χ1n) is 13.7. The van der Waals surface area contributed by atoms with Gasteiger partial charge in [-0.3, -0.25) is 14.7 Å². The highest BCUT2D eigenvalue weighted by Crippen LogP contribution is 2.46. The third kappa shape index (κ3) is 5.58. The van der Waals surface area contributed by atoms with Crippen LogP contribution in [-0.2, 0) is 6.54 Å². The Morgan fingerprint density at radius 1 is 1.00 bits per heavy atom. The summed E-state index contributed by atoms with van der Waals surface area (Å²) in [7, 11) is 0. The Morgan fingerprint density at radius 3 is 2.34 bits per heavy atom. The summed E-state index contributed by atoms with van der Waals surface area (Å²) in [5.74, 6) is 2.25. The molecule has 1 aromatic heterocycles. The van der Waals surface area contributed by atoms with Crippen LogP contribution in [0.2, 0.25) is 0 Å². The first kappa shape index (κ1) is 26.3. The number of rotatable bonds is 10. The number of Topliss-reactive ketones (excluding diaryl/α,β-unsaturated/α-hetero) is 1. The number of carbonyl (C=O) groups excluding carboxylic acids is 1. The molecule has 1 unspecified atom stereocenters. The highest BCUT2D eigenvalue weighted by atomic mass is 19.1. The second-order valence-electron chi connectivity index (χ2n) is 10.3. The van der Waals surface area contributed by atoms with E-state index in [4.69, 9.17) is 9.47 Å². The zero-order valence-corrected chi connectivity index (χ0v) is 22.5. The summed E-state index contributed by atoms with van der Waals surface area (Å²) in [5.41, 5.74) is 4.16. The van der Waals surface area contributed by atoms with E-state index in [-0.39, 0.29) is 11.6 Å². The molecule has 1 saturated heterocycles. The maximum atomic E-state index is 13.6. The van der Waals surface area contributed by atoms with E-state index in [1.165, 1.54) is 12.1 Å². The zero-order valence-electron chi connectivity index (χ0n) is 22.5. The molecule has 3 atom stereocenters. The lowest BCUT2D eigenvalue weighted by atomic mass is 9.88. The molecule has 2 aliphatic rings. The van der Waals surface area contributed by atoms with Gasteiger partial charge >= 0.3 is 0 Å². The Morgan fingerprint density at radius 2 is 1.71 bits per heavy atom. The third-order valence-corrected chi connectivity index (χ3v) is 7.91. The van der Waals surface area contributed by atoms with Crippen LogP contribution in [0.1, 0.15) is 61.3 Å². The normalized spacial score (nSPS) is 20.9. The Balaban J connectivity index is 1.33. The van der Waals surface area contributed by atoms with Gasteiger partial charge in [0.05, 0.1) is 30.7 Å². The fraction of sp³-hybridized carbons (Fsp3) is 0.452. The van der Waals surface area contributed by atoms with Crippen LogP contribution in [0.5, 0.6) is 11.5 Å². The molecule has 38 heavy (non-hydrogen) atoms. The molecule has 6 nitrogen and oxygen atoms in total. The fourth-order valence-electron chi connectivity index (χ4n) is 6.23. The second-order valence-corrected chi connectivity index (χ2v) is 10.3.